The summed E-state index contributed by atoms with van der Waals surface area (Å²) in [4.78, 5) is 0. The Morgan fingerprint density at radius 2 is 2.00 bits per heavy atom. The summed E-state index contributed by atoms with van der Waals surface area (Å²) in [6.45, 7) is 4.70. The number of nitrogens with zero attached hydrogens (tertiary/aromatic N) is 2. The first-order chi connectivity index (χ1) is 7.94. The van der Waals surface area contributed by atoms with E-state index in [9.17, 15) is 8.42 Å². The zero-order chi connectivity index (χ0) is 13.3. The lowest BCUT2D eigenvalue weighted by molar-refractivity contribution is 0.372. The Hall–Kier alpha value is -0.310. The molecule has 0 amide bonds. The summed E-state index contributed by atoms with van der Waals surface area (Å²) in [7, 11) is -3.24. The fraction of sp³-hybridized carbons (Fsp3) is 0.909. The molecule has 0 spiro atoms. The molecule has 0 aliphatic rings. The standard InChI is InChI=1S/C11H21ClN2O2S/c1-11(2)10-14(8-5-7-13)17(15,16)9-4-3-6-12/h11H,3-6,8-10H2,1-2H3. The molecular weight excluding hydrogens is 260 g/mol. The van der Waals surface area contributed by atoms with Crippen molar-refractivity contribution in [2.45, 2.75) is 33.1 Å². The number of unbranched alkanes of at least 4 members (excludes halogenated alkanes) is 1. The summed E-state index contributed by atoms with van der Waals surface area (Å²) in [6.07, 6.45) is 1.52. The maximum atomic E-state index is 12.0. The Balaban J connectivity index is 4.48. The van der Waals surface area contributed by atoms with Crippen LogP contribution in [-0.2, 0) is 10.0 Å². The number of sulfonamides is 1. The molecule has 4 nitrogen and oxygen atoms in total. The highest BCUT2D eigenvalue weighted by Gasteiger charge is 2.21. The maximum Gasteiger partial charge on any atom is 0.214 e. The summed E-state index contributed by atoms with van der Waals surface area (Å²) in [5.74, 6) is 0.868. The summed E-state index contributed by atoms with van der Waals surface area (Å²) in [6, 6.07) is 1.98. The molecule has 0 saturated heterocycles. The van der Waals surface area contributed by atoms with Gasteiger partial charge >= 0.3 is 0 Å². The van der Waals surface area contributed by atoms with Crippen LogP contribution in [0, 0.1) is 17.2 Å². The predicted octanol–water partition coefficient (Wildman–Crippen LogP) is 2.21. The third kappa shape index (κ3) is 7.58. The first kappa shape index (κ1) is 16.7. The fourth-order valence-electron chi connectivity index (χ4n) is 1.43. The minimum absolute atomic E-state index is 0.123. The fourth-order valence-corrected chi connectivity index (χ4v) is 3.34. The van der Waals surface area contributed by atoms with Crippen LogP contribution in [-0.4, -0.2) is 37.4 Å². The minimum atomic E-state index is -3.24. The van der Waals surface area contributed by atoms with E-state index in [2.05, 4.69) is 0 Å². The Labute approximate surface area is 110 Å². The summed E-state index contributed by atoms with van der Waals surface area (Å²) >= 11 is 5.53. The molecule has 0 saturated carbocycles. The van der Waals surface area contributed by atoms with E-state index < -0.39 is 10.0 Å². The summed E-state index contributed by atoms with van der Waals surface area (Å²) in [5, 5.41) is 8.54. The number of rotatable bonds is 9. The summed E-state index contributed by atoms with van der Waals surface area (Å²) in [5.41, 5.74) is 0. The number of hydrogen-bond donors (Lipinski definition) is 0. The number of nitriles is 1. The molecule has 17 heavy (non-hydrogen) atoms. The van der Waals surface area contributed by atoms with Gasteiger partial charge in [0.2, 0.25) is 10.0 Å². The van der Waals surface area contributed by atoms with Crippen LogP contribution >= 0.6 is 11.6 Å². The third-order valence-electron chi connectivity index (χ3n) is 2.22. The zero-order valence-electron chi connectivity index (χ0n) is 10.5. The third-order valence-corrected chi connectivity index (χ3v) is 4.41. The van der Waals surface area contributed by atoms with Gasteiger partial charge in [0.1, 0.15) is 0 Å². The van der Waals surface area contributed by atoms with Crippen molar-refractivity contribution >= 4 is 21.6 Å². The average Bonchev–Trinajstić information content (AvgIpc) is 2.23. The highest BCUT2D eigenvalue weighted by Crippen LogP contribution is 2.09. The van der Waals surface area contributed by atoms with Crippen LogP contribution in [0.5, 0.6) is 0 Å². The highest BCUT2D eigenvalue weighted by atomic mass is 35.5. The van der Waals surface area contributed by atoms with E-state index >= 15 is 0 Å². The van der Waals surface area contributed by atoms with Crippen LogP contribution in [0.3, 0.4) is 0 Å². The monoisotopic (exact) mass is 280 g/mol. The Morgan fingerprint density at radius 1 is 1.35 bits per heavy atom. The van der Waals surface area contributed by atoms with E-state index in [1.807, 2.05) is 19.9 Å². The van der Waals surface area contributed by atoms with Gasteiger partial charge in [-0.1, -0.05) is 13.8 Å². The van der Waals surface area contributed by atoms with Crippen molar-refractivity contribution < 1.29 is 8.42 Å². The highest BCUT2D eigenvalue weighted by molar-refractivity contribution is 7.89. The molecule has 0 aromatic rings. The minimum Gasteiger partial charge on any atom is -0.212 e. The topological polar surface area (TPSA) is 61.2 Å². The largest absolute Gasteiger partial charge is 0.214 e. The van der Waals surface area contributed by atoms with E-state index in [1.165, 1.54) is 4.31 Å². The molecule has 0 aromatic carbocycles. The molecule has 6 heteroatoms. The SMILES string of the molecule is CC(C)CN(CCC#N)S(=O)(=O)CCCCCl. The summed E-state index contributed by atoms with van der Waals surface area (Å²) < 4.78 is 25.5. The smallest absolute Gasteiger partial charge is 0.212 e. The first-order valence-electron chi connectivity index (χ1n) is 5.84. The molecule has 0 atom stereocenters. The molecule has 0 unspecified atom stereocenters. The Bertz CT molecular complexity index is 336. The zero-order valence-corrected chi connectivity index (χ0v) is 12.1. The van der Waals surface area contributed by atoms with Gasteiger partial charge < -0.3 is 0 Å². The van der Waals surface area contributed by atoms with E-state index in [4.69, 9.17) is 16.9 Å². The van der Waals surface area contributed by atoms with Gasteiger partial charge in [-0.05, 0) is 18.8 Å². The second-order valence-corrected chi connectivity index (χ2v) is 6.84. The van der Waals surface area contributed by atoms with Crippen LogP contribution in [0.4, 0.5) is 0 Å². The van der Waals surface area contributed by atoms with E-state index in [-0.39, 0.29) is 24.6 Å². The molecule has 0 fully saturated rings. The van der Waals surface area contributed by atoms with Crippen molar-refractivity contribution in [3.8, 4) is 6.07 Å². The van der Waals surface area contributed by atoms with E-state index in [0.29, 0.717) is 25.3 Å². The van der Waals surface area contributed by atoms with Crippen molar-refractivity contribution in [1.29, 1.82) is 5.26 Å². The van der Waals surface area contributed by atoms with Crippen molar-refractivity contribution in [2.75, 3.05) is 24.7 Å². The van der Waals surface area contributed by atoms with Gasteiger partial charge in [-0.25, -0.2) is 12.7 Å². The second kappa shape index (κ2) is 8.73. The Morgan fingerprint density at radius 3 is 2.47 bits per heavy atom. The lowest BCUT2D eigenvalue weighted by atomic mass is 10.2. The molecule has 0 aliphatic heterocycles. The van der Waals surface area contributed by atoms with Gasteiger partial charge in [-0.2, -0.15) is 5.26 Å². The van der Waals surface area contributed by atoms with Crippen molar-refractivity contribution in [1.82, 2.24) is 4.31 Å². The van der Waals surface area contributed by atoms with Crippen LogP contribution in [0.15, 0.2) is 0 Å². The molecule has 0 heterocycles. The van der Waals surface area contributed by atoms with Crippen molar-refractivity contribution in [3.63, 3.8) is 0 Å². The molecule has 100 valence electrons. The van der Waals surface area contributed by atoms with Crippen LogP contribution in [0.1, 0.15) is 33.1 Å². The van der Waals surface area contributed by atoms with Gasteiger partial charge in [0.15, 0.2) is 0 Å². The molecule has 0 rings (SSSR count). The number of alkyl halides is 1. The van der Waals surface area contributed by atoms with Crippen molar-refractivity contribution in [3.05, 3.63) is 0 Å². The molecular formula is C11H21ClN2O2S. The quantitative estimate of drug-likeness (QED) is 0.480. The van der Waals surface area contributed by atoms with E-state index in [1.54, 1.807) is 0 Å². The molecule has 0 radical (unpaired) electrons. The van der Waals surface area contributed by atoms with Gasteiger partial charge in [-0.3, -0.25) is 0 Å². The number of hydrogen-bond acceptors (Lipinski definition) is 3. The van der Waals surface area contributed by atoms with Crippen LogP contribution in [0.2, 0.25) is 0 Å². The van der Waals surface area contributed by atoms with Gasteiger partial charge in [0.05, 0.1) is 11.8 Å². The van der Waals surface area contributed by atoms with Gasteiger partial charge in [0, 0.05) is 25.4 Å². The number of halogens is 1. The first-order valence-corrected chi connectivity index (χ1v) is 7.99. The maximum absolute atomic E-state index is 12.0. The van der Waals surface area contributed by atoms with Gasteiger partial charge in [0.25, 0.3) is 0 Å². The normalized spacial score (nSPS) is 12.0. The van der Waals surface area contributed by atoms with E-state index in [0.717, 1.165) is 0 Å². The van der Waals surface area contributed by atoms with Crippen LogP contribution in [0.25, 0.3) is 0 Å². The lowest BCUT2D eigenvalue weighted by Gasteiger charge is -2.22. The molecule has 0 bridgehead atoms. The van der Waals surface area contributed by atoms with Crippen molar-refractivity contribution in [2.24, 2.45) is 5.92 Å². The molecule has 0 N–H and O–H groups in total. The molecule has 0 aromatic heterocycles. The van der Waals surface area contributed by atoms with Crippen LogP contribution < -0.4 is 0 Å². The molecule has 0 aliphatic carbocycles. The Kier molecular flexibility index (Phi) is 8.57. The predicted molar refractivity (Wildman–Crippen MR) is 70.4 cm³/mol. The average molecular weight is 281 g/mol. The lowest BCUT2D eigenvalue weighted by Crippen LogP contribution is -2.36. The second-order valence-electron chi connectivity index (χ2n) is 4.37. The van der Waals surface area contributed by atoms with Gasteiger partial charge in [-0.15, -0.1) is 11.6 Å².